The molecule has 1 fully saturated rings. The first-order chi connectivity index (χ1) is 10.3. The highest BCUT2D eigenvalue weighted by Gasteiger charge is 2.23. The molecule has 3 rings (SSSR count). The minimum atomic E-state index is -0.360. The van der Waals surface area contributed by atoms with Crippen LogP contribution in [0.5, 0.6) is 5.75 Å². The number of nitrogens with zero attached hydrogens (tertiary/aromatic N) is 1. The van der Waals surface area contributed by atoms with Gasteiger partial charge in [0.2, 0.25) is 0 Å². The van der Waals surface area contributed by atoms with Crippen molar-refractivity contribution in [2.75, 3.05) is 13.7 Å². The van der Waals surface area contributed by atoms with Gasteiger partial charge in [0, 0.05) is 11.8 Å². The van der Waals surface area contributed by atoms with Crippen LogP contribution in [0.2, 0.25) is 0 Å². The molecule has 0 radical (unpaired) electrons. The average molecular weight is 283 g/mol. The zero-order valence-electron chi connectivity index (χ0n) is 11.9. The minimum Gasteiger partial charge on any atom is -0.493 e. The van der Waals surface area contributed by atoms with E-state index in [-0.39, 0.29) is 5.97 Å². The number of carbonyl (C=O) groups is 1. The maximum atomic E-state index is 11.7. The lowest BCUT2D eigenvalue weighted by Crippen LogP contribution is -2.04. The molecule has 2 aromatic rings. The van der Waals surface area contributed by atoms with Gasteiger partial charge in [0.25, 0.3) is 0 Å². The van der Waals surface area contributed by atoms with Gasteiger partial charge < -0.3 is 9.47 Å². The number of benzene rings is 1. The smallest absolute Gasteiger partial charge is 0.337 e. The molecular weight excluding hydrogens is 266 g/mol. The van der Waals surface area contributed by atoms with Gasteiger partial charge in [-0.2, -0.15) is 0 Å². The summed E-state index contributed by atoms with van der Waals surface area (Å²) in [5.74, 6) is 1.07. The van der Waals surface area contributed by atoms with Crippen molar-refractivity contribution >= 4 is 5.97 Å². The van der Waals surface area contributed by atoms with E-state index in [1.807, 2.05) is 24.3 Å². The Bertz CT molecular complexity index is 636. The molecule has 4 heteroatoms. The van der Waals surface area contributed by atoms with E-state index >= 15 is 0 Å². The molecule has 1 aliphatic rings. The molecule has 1 aliphatic carbocycles. The molecule has 108 valence electrons. The third-order valence-corrected chi connectivity index (χ3v) is 3.51. The van der Waals surface area contributed by atoms with Crippen molar-refractivity contribution in [3.05, 3.63) is 48.2 Å². The average Bonchev–Trinajstić information content (AvgIpc) is 3.37. The molecule has 1 aromatic heterocycles. The Kier molecular flexibility index (Phi) is 3.86. The summed E-state index contributed by atoms with van der Waals surface area (Å²) in [6.07, 6.45) is 4.20. The summed E-state index contributed by atoms with van der Waals surface area (Å²) in [7, 11) is 1.38. The number of aromatic nitrogens is 1. The monoisotopic (exact) mass is 283 g/mol. The van der Waals surface area contributed by atoms with Gasteiger partial charge >= 0.3 is 5.97 Å². The molecular formula is C17H17NO3. The van der Waals surface area contributed by atoms with Crippen LogP contribution in [-0.4, -0.2) is 24.7 Å². The van der Waals surface area contributed by atoms with Crippen LogP contribution in [0, 0.1) is 5.92 Å². The molecule has 0 atom stereocenters. The van der Waals surface area contributed by atoms with Crippen LogP contribution in [0.1, 0.15) is 23.2 Å². The second-order valence-electron chi connectivity index (χ2n) is 5.17. The fourth-order valence-electron chi connectivity index (χ4n) is 2.12. The first-order valence-electron chi connectivity index (χ1n) is 7.04. The van der Waals surface area contributed by atoms with Gasteiger partial charge in [-0.05, 0) is 49.1 Å². The van der Waals surface area contributed by atoms with E-state index < -0.39 is 0 Å². The Morgan fingerprint density at radius 1 is 1.29 bits per heavy atom. The Morgan fingerprint density at radius 3 is 2.81 bits per heavy atom. The summed E-state index contributed by atoms with van der Waals surface area (Å²) in [6.45, 7) is 0.720. The largest absolute Gasteiger partial charge is 0.493 e. The summed E-state index contributed by atoms with van der Waals surface area (Å²) < 4.78 is 10.7. The maximum Gasteiger partial charge on any atom is 0.337 e. The molecule has 0 aliphatic heterocycles. The Hall–Kier alpha value is -2.36. The third-order valence-electron chi connectivity index (χ3n) is 3.51. The SMILES string of the molecule is COC(=O)c1ccc(OCC2CC2)c(-c2ccccn2)c1. The van der Waals surface area contributed by atoms with Crippen LogP contribution >= 0.6 is 0 Å². The molecule has 21 heavy (non-hydrogen) atoms. The lowest BCUT2D eigenvalue weighted by Gasteiger charge is -2.12. The molecule has 0 saturated heterocycles. The van der Waals surface area contributed by atoms with Crippen molar-refractivity contribution in [2.45, 2.75) is 12.8 Å². The van der Waals surface area contributed by atoms with Crippen molar-refractivity contribution in [1.82, 2.24) is 4.98 Å². The van der Waals surface area contributed by atoms with Crippen molar-refractivity contribution in [3.63, 3.8) is 0 Å². The highest BCUT2D eigenvalue weighted by atomic mass is 16.5. The highest BCUT2D eigenvalue weighted by Crippen LogP contribution is 2.33. The first-order valence-corrected chi connectivity index (χ1v) is 7.04. The molecule has 0 N–H and O–H groups in total. The van der Waals surface area contributed by atoms with Gasteiger partial charge in [-0.1, -0.05) is 6.07 Å². The van der Waals surface area contributed by atoms with E-state index in [1.54, 1.807) is 18.3 Å². The van der Waals surface area contributed by atoms with Crippen molar-refractivity contribution < 1.29 is 14.3 Å². The lowest BCUT2D eigenvalue weighted by atomic mass is 10.1. The minimum absolute atomic E-state index is 0.360. The number of methoxy groups -OCH3 is 1. The van der Waals surface area contributed by atoms with Crippen molar-refractivity contribution in [3.8, 4) is 17.0 Å². The molecule has 1 saturated carbocycles. The van der Waals surface area contributed by atoms with Gasteiger partial charge in [-0.25, -0.2) is 4.79 Å². The van der Waals surface area contributed by atoms with Crippen LogP contribution in [0.25, 0.3) is 11.3 Å². The number of rotatable bonds is 5. The van der Waals surface area contributed by atoms with Crippen molar-refractivity contribution in [2.24, 2.45) is 5.92 Å². The number of hydrogen-bond acceptors (Lipinski definition) is 4. The number of ether oxygens (including phenoxy) is 2. The van der Waals surface area contributed by atoms with Crippen LogP contribution < -0.4 is 4.74 Å². The Morgan fingerprint density at radius 2 is 2.14 bits per heavy atom. The lowest BCUT2D eigenvalue weighted by molar-refractivity contribution is 0.0600. The van der Waals surface area contributed by atoms with E-state index in [0.29, 0.717) is 11.5 Å². The molecule has 1 heterocycles. The van der Waals surface area contributed by atoms with E-state index in [1.165, 1.54) is 20.0 Å². The molecule has 1 aromatic carbocycles. The van der Waals surface area contributed by atoms with E-state index in [0.717, 1.165) is 23.6 Å². The van der Waals surface area contributed by atoms with Crippen LogP contribution in [0.3, 0.4) is 0 Å². The van der Waals surface area contributed by atoms with Gasteiger partial charge in [0.15, 0.2) is 0 Å². The fourth-order valence-corrected chi connectivity index (χ4v) is 2.12. The van der Waals surface area contributed by atoms with Gasteiger partial charge in [-0.15, -0.1) is 0 Å². The Balaban J connectivity index is 1.95. The second kappa shape index (κ2) is 5.95. The Labute approximate surface area is 123 Å². The number of hydrogen-bond donors (Lipinski definition) is 0. The zero-order valence-corrected chi connectivity index (χ0v) is 11.9. The predicted molar refractivity (Wildman–Crippen MR) is 79.2 cm³/mol. The topological polar surface area (TPSA) is 48.4 Å². The normalized spacial score (nSPS) is 13.8. The van der Waals surface area contributed by atoms with Gasteiger partial charge in [-0.3, -0.25) is 4.98 Å². The van der Waals surface area contributed by atoms with Gasteiger partial charge in [0.1, 0.15) is 5.75 Å². The van der Waals surface area contributed by atoms with E-state index in [4.69, 9.17) is 9.47 Å². The van der Waals surface area contributed by atoms with Crippen LogP contribution in [0.15, 0.2) is 42.6 Å². The number of carbonyl (C=O) groups excluding carboxylic acids is 1. The molecule has 0 spiro atoms. The predicted octanol–water partition coefficient (Wildman–Crippen LogP) is 3.32. The molecule has 0 unspecified atom stereocenters. The number of esters is 1. The van der Waals surface area contributed by atoms with Gasteiger partial charge in [0.05, 0.1) is 25.0 Å². The summed E-state index contributed by atoms with van der Waals surface area (Å²) >= 11 is 0. The zero-order chi connectivity index (χ0) is 14.7. The molecule has 0 bridgehead atoms. The summed E-state index contributed by atoms with van der Waals surface area (Å²) in [6, 6.07) is 11.0. The molecule has 0 amide bonds. The van der Waals surface area contributed by atoms with E-state index in [9.17, 15) is 4.79 Å². The number of pyridine rings is 1. The third kappa shape index (κ3) is 3.21. The summed E-state index contributed by atoms with van der Waals surface area (Å²) in [5.41, 5.74) is 2.10. The second-order valence-corrected chi connectivity index (χ2v) is 5.17. The van der Waals surface area contributed by atoms with Crippen molar-refractivity contribution in [1.29, 1.82) is 0 Å². The summed E-state index contributed by atoms with van der Waals surface area (Å²) in [4.78, 5) is 16.0. The maximum absolute atomic E-state index is 11.7. The van der Waals surface area contributed by atoms with Crippen LogP contribution in [-0.2, 0) is 4.74 Å². The first kappa shape index (κ1) is 13.6. The highest BCUT2D eigenvalue weighted by molar-refractivity contribution is 5.91. The standard InChI is InChI=1S/C17H17NO3/c1-20-17(19)13-7-8-16(21-11-12-5-6-12)14(10-13)15-4-2-3-9-18-15/h2-4,7-10,12H,5-6,11H2,1H3. The summed E-state index contributed by atoms with van der Waals surface area (Å²) in [5, 5.41) is 0. The van der Waals surface area contributed by atoms with E-state index in [2.05, 4.69) is 4.98 Å². The molecule has 4 nitrogen and oxygen atoms in total. The quantitative estimate of drug-likeness (QED) is 0.790. The van der Waals surface area contributed by atoms with Crippen LogP contribution in [0.4, 0.5) is 0 Å². The fraction of sp³-hybridized carbons (Fsp3) is 0.294.